The lowest BCUT2D eigenvalue weighted by Crippen LogP contribution is -2.43. The van der Waals surface area contributed by atoms with Gasteiger partial charge in [-0.2, -0.15) is 9.42 Å². The lowest BCUT2D eigenvalue weighted by atomic mass is 10.2. The Labute approximate surface area is 152 Å². The van der Waals surface area contributed by atoms with Crippen molar-refractivity contribution in [1.82, 2.24) is 24.6 Å². The number of nitrogens with one attached hydrogen (secondary N) is 1. The number of anilines is 1. The van der Waals surface area contributed by atoms with Gasteiger partial charge in [-0.05, 0) is 0 Å². The van der Waals surface area contributed by atoms with E-state index < -0.39 is 38.4 Å². The lowest BCUT2D eigenvalue weighted by molar-refractivity contribution is -0.145. The highest BCUT2D eigenvalue weighted by atomic mass is 31.2. The number of carbonyl (C=O) groups is 2. The van der Waals surface area contributed by atoms with Crippen molar-refractivity contribution in [2.45, 2.75) is 25.1 Å². The molecule has 0 bridgehead atoms. The molecule has 2 aromatic heterocycles. The summed E-state index contributed by atoms with van der Waals surface area (Å²) in [6.45, 7) is 0.279. The lowest BCUT2D eigenvalue weighted by Gasteiger charge is -2.29. The van der Waals surface area contributed by atoms with Crippen LogP contribution in [-0.2, 0) is 25.4 Å². The van der Waals surface area contributed by atoms with Gasteiger partial charge in [-0.1, -0.05) is 0 Å². The molecule has 1 unspecified atom stereocenters. The number of carboxylic acid groups (broad SMARTS) is 2. The summed E-state index contributed by atoms with van der Waals surface area (Å²) in [4.78, 5) is 44.4. The quantitative estimate of drug-likeness (QED) is 0.358. The summed E-state index contributed by atoms with van der Waals surface area (Å²) in [5, 5.41) is 20.2. The number of nitrogens with two attached hydrogens (primary N) is 1. The van der Waals surface area contributed by atoms with E-state index in [4.69, 9.17) is 25.2 Å². The molecule has 6 N–H and O–H groups in total. The van der Waals surface area contributed by atoms with Gasteiger partial charge in [0.1, 0.15) is 24.6 Å². The SMILES string of the molecule is Nc1ncnc2c1ncn2C[C@H]1CO[P+](O)(N[C@@H](CC(=O)O)C(=O)O)CO1. The molecule has 2 aromatic rings. The Morgan fingerprint density at radius 1 is 1.41 bits per heavy atom. The third-order valence-corrected chi connectivity index (χ3v) is 5.61. The number of aliphatic carboxylic acids is 2. The number of carboxylic acids is 2. The highest BCUT2D eigenvalue weighted by Crippen LogP contribution is 2.54. The molecular formula is C13H18N6O7P+. The summed E-state index contributed by atoms with van der Waals surface area (Å²) >= 11 is 0. The highest BCUT2D eigenvalue weighted by Gasteiger charge is 2.48. The normalized spacial score (nSPS) is 24.0. The Balaban J connectivity index is 1.61. The zero-order valence-corrected chi connectivity index (χ0v) is 14.8. The number of ether oxygens (including phenoxy) is 1. The maximum atomic E-state index is 11.1. The summed E-state index contributed by atoms with van der Waals surface area (Å²) in [6, 6.07) is -1.49. The van der Waals surface area contributed by atoms with Crippen LogP contribution >= 0.6 is 7.87 Å². The van der Waals surface area contributed by atoms with Gasteiger partial charge in [0.15, 0.2) is 17.5 Å². The molecule has 14 heteroatoms. The minimum atomic E-state index is -3.40. The van der Waals surface area contributed by atoms with Gasteiger partial charge < -0.3 is 25.3 Å². The summed E-state index contributed by atoms with van der Waals surface area (Å²) in [5.74, 6) is -2.47. The molecule has 13 nitrogen and oxygen atoms in total. The van der Waals surface area contributed by atoms with Gasteiger partial charge >= 0.3 is 19.8 Å². The monoisotopic (exact) mass is 401 g/mol. The molecule has 0 aliphatic carbocycles. The number of rotatable bonds is 7. The fraction of sp³-hybridized carbons (Fsp3) is 0.462. The largest absolute Gasteiger partial charge is 0.481 e. The predicted molar refractivity (Wildman–Crippen MR) is 91.4 cm³/mol. The molecular weight excluding hydrogens is 383 g/mol. The predicted octanol–water partition coefficient (Wildman–Crippen LogP) is -0.946. The number of hydrogen-bond donors (Lipinski definition) is 5. The smallest absolute Gasteiger partial charge is 0.371 e. The Bertz CT molecular complexity index is 853. The maximum absolute atomic E-state index is 11.1. The van der Waals surface area contributed by atoms with Gasteiger partial charge in [-0.25, -0.2) is 15.0 Å². The third kappa shape index (κ3) is 4.46. The van der Waals surface area contributed by atoms with Crippen molar-refractivity contribution in [3.8, 4) is 0 Å². The summed E-state index contributed by atoms with van der Waals surface area (Å²) in [7, 11) is -3.40. The maximum Gasteiger partial charge on any atom is 0.371 e. The first-order chi connectivity index (χ1) is 12.8. The van der Waals surface area contributed by atoms with E-state index in [1.54, 1.807) is 4.57 Å². The molecule has 3 rings (SSSR count). The number of fused-ring (bicyclic) bond motifs is 1. The van der Waals surface area contributed by atoms with Crippen molar-refractivity contribution >= 4 is 36.8 Å². The minimum Gasteiger partial charge on any atom is -0.481 e. The van der Waals surface area contributed by atoms with E-state index >= 15 is 0 Å². The number of imidazole rings is 1. The second-order valence-electron chi connectivity index (χ2n) is 5.86. The van der Waals surface area contributed by atoms with Crippen molar-refractivity contribution < 1.29 is 34.0 Å². The summed E-state index contributed by atoms with van der Waals surface area (Å²) in [5.41, 5.74) is 6.71. The Hall–Kier alpha value is -2.44. The van der Waals surface area contributed by atoms with Gasteiger partial charge in [0, 0.05) is 0 Å². The molecule has 1 fully saturated rings. The van der Waals surface area contributed by atoms with Crippen LogP contribution in [0.2, 0.25) is 0 Å². The van der Waals surface area contributed by atoms with Crippen LogP contribution in [0.3, 0.4) is 0 Å². The fourth-order valence-corrected chi connectivity index (χ4v) is 4.27. The molecule has 3 atom stereocenters. The number of nitrogen functional groups attached to an aromatic ring is 1. The van der Waals surface area contributed by atoms with E-state index in [1.165, 1.54) is 12.7 Å². The second-order valence-corrected chi connectivity index (χ2v) is 8.04. The van der Waals surface area contributed by atoms with Gasteiger partial charge in [-0.15, -0.1) is 5.09 Å². The molecule has 1 aliphatic rings. The molecule has 27 heavy (non-hydrogen) atoms. The standard InChI is InChI=1S/C13H17N6O7P/c14-11-10-12(16-4-15-11)19(5-17-10)2-7-3-26-27(24,6-25-7)18-8(13(22)23)1-9(20)21/h4-5,7-8,18,24H,1-3,6H2,(H3-,14,15,16,20,21,22,23)/p+1/t7-,8-,27?/m0/s1. The third-order valence-electron chi connectivity index (χ3n) is 3.82. The summed E-state index contributed by atoms with van der Waals surface area (Å²) < 4.78 is 12.7. The van der Waals surface area contributed by atoms with Crippen LogP contribution in [0, 0.1) is 0 Å². The van der Waals surface area contributed by atoms with Gasteiger partial charge in [-0.3, -0.25) is 9.59 Å². The van der Waals surface area contributed by atoms with E-state index in [0.717, 1.165) is 0 Å². The zero-order chi connectivity index (χ0) is 19.6. The first-order valence-electron chi connectivity index (χ1n) is 7.78. The Kier molecular flexibility index (Phi) is 5.48. The summed E-state index contributed by atoms with van der Waals surface area (Å²) in [6.07, 6.45) is 1.40. The van der Waals surface area contributed by atoms with Crippen LogP contribution < -0.4 is 10.8 Å². The zero-order valence-electron chi connectivity index (χ0n) is 13.9. The van der Waals surface area contributed by atoms with E-state index in [2.05, 4.69) is 20.0 Å². The first-order valence-corrected chi connectivity index (χ1v) is 9.62. The van der Waals surface area contributed by atoms with Gasteiger partial charge in [0.05, 0.1) is 19.3 Å². The van der Waals surface area contributed by atoms with Crippen molar-refractivity contribution in [3.63, 3.8) is 0 Å². The Morgan fingerprint density at radius 2 is 2.19 bits per heavy atom. The van der Waals surface area contributed by atoms with Crippen LogP contribution in [0.1, 0.15) is 6.42 Å². The highest BCUT2D eigenvalue weighted by molar-refractivity contribution is 7.63. The van der Waals surface area contributed by atoms with E-state index in [9.17, 15) is 14.5 Å². The average molecular weight is 401 g/mol. The second kappa shape index (κ2) is 7.66. The van der Waals surface area contributed by atoms with Crippen molar-refractivity contribution in [1.29, 1.82) is 0 Å². The van der Waals surface area contributed by atoms with Crippen LogP contribution in [0.5, 0.6) is 0 Å². The van der Waals surface area contributed by atoms with E-state index in [0.29, 0.717) is 17.7 Å². The minimum absolute atomic E-state index is 0.0308. The van der Waals surface area contributed by atoms with E-state index in [1.807, 2.05) is 0 Å². The van der Waals surface area contributed by atoms with Crippen LogP contribution in [0.15, 0.2) is 12.7 Å². The molecule has 1 saturated heterocycles. The first kappa shape index (κ1) is 19.3. The molecule has 0 amide bonds. The molecule has 1 aliphatic heterocycles. The fourth-order valence-electron chi connectivity index (χ4n) is 2.54. The van der Waals surface area contributed by atoms with Crippen molar-refractivity contribution in [2.75, 3.05) is 18.7 Å². The van der Waals surface area contributed by atoms with Crippen LogP contribution in [0.4, 0.5) is 5.82 Å². The van der Waals surface area contributed by atoms with Gasteiger partial charge in [0.2, 0.25) is 6.35 Å². The molecule has 0 radical (unpaired) electrons. The van der Waals surface area contributed by atoms with Gasteiger partial charge in [0.25, 0.3) is 0 Å². The molecule has 3 heterocycles. The topological polar surface area (TPSA) is 195 Å². The Morgan fingerprint density at radius 3 is 2.81 bits per heavy atom. The number of aromatic nitrogens is 4. The molecule has 146 valence electrons. The van der Waals surface area contributed by atoms with Crippen molar-refractivity contribution in [3.05, 3.63) is 12.7 Å². The average Bonchev–Trinajstić information content (AvgIpc) is 3.00. The van der Waals surface area contributed by atoms with Crippen LogP contribution in [-0.4, -0.2) is 71.7 Å². The molecule has 0 saturated carbocycles. The molecule has 0 aromatic carbocycles. The number of nitrogens with zero attached hydrogens (tertiary/aromatic N) is 4. The number of hydrogen-bond acceptors (Lipinski definition) is 10. The van der Waals surface area contributed by atoms with E-state index in [-0.39, 0.29) is 18.8 Å². The van der Waals surface area contributed by atoms with Crippen LogP contribution in [0.25, 0.3) is 11.2 Å². The molecule has 0 spiro atoms. The van der Waals surface area contributed by atoms with Crippen molar-refractivity contribution in [2.24, 2.45) is 0 Å².